The topological polar surface area (TPSA) is 77.0 Å². The van der Waals surface area contributed by atoms with Gasteiger partial charge in [0, 0.05) is 29.8 Å². The molecule has 0 fully saturated rings. The molecule has 0 atom stereocenters. The van der Waals surface area contributed by atoms with Crippen LogP contribution in [0.15, 0.2) is 36.4 Å². The number of nitriles is 1. The number of nitrogens with one attached hydrogen (secondary N) is 3. The van der Waals surface area contributed by atoms with Crippen LogP contribution in [0.2, 0.25) is 0 Å². The van der Waals surface area contributed by atoms with Crippen molar-refractivity contribution in [3.05, 3.63) is 46.2 Å². The first-order valence-corrected chi connectivity index (χ1v) is 6.84. The third-order valence-corrected chi connectivity index (χ3v) is 3.60. The number of amides is 2. The molecule has 0 unspecified atom stereocenters. The van der Waals surface area contributed by atoms with Crippen molar-refractivity contribution in [3.63, 3.8) is 0 Å². The van der Waals surface area contributed by atoms with Gasteiger partial charge in [0.15, 0.2) is 0 Å². The summed E-state index contributed by atoms with van der Waals surface area (Å²) in [5.74, 6) is 0. The fourth-order valence-electron chi connectivity index (χ4n) is 1.59. The van der Waals surface area contributed by atoms with Crippen molar-refractivity contribution < 1.29 is 4.79 Å². The van der Waals surface area contributed by atoms with Crippen LogP contribution in [0.3, 0.4) is 0 Å². The Morgan fingerprint density at radius 1 is 1.20 bits per heavy atom. The minimum absolute atomic E-state index is 0.242. The maximum absolute atomic E-state index is 11.1. The lowest BCUT2D eigenvalue weighted by Gasteiger charge is -2.07. The number of anilines is 2. The lowest BCUT2D eigenvalue weighted by molar-refractivity contribution is 0.254. The number of carbonyl (C=O) groups excluding carboxylic acids is 1. The van der Waals surface area contributed by atoms with Crippen molar-refractivity contribution in [2.24, 2.45) is 0 Å². The van der Waals surface area contributed by atoms with Crippen LogP contribution in [-0.2, 0) is 6.54 Å². The van der Waals surface area contributed by atoms with Gasteiger partial charge in [-0.15, -0.1) is 11.3 Å². The highest BCUT2D eigenvalue weighted by Crippen LogP contribution is 2.18. The summed E-state index contributed by atoms with van der Waals surface area (Å²) in [6, 6.07) is 13.1. The minimum Gasteiger partial charge on any atom is -0.380 e. The van der Waals surface area contributed by atoms with E-state index in [4.69, 9.17) is 5.26 Å². The summed E-state index contributed by atoms with van der Waals surface area (Å²) in [7, 11) is 1.57. The summed E-state index contributed by atoms with van der Waals surface area (Å²) in [4.78, 5) is 13.0. The van der Waals surface area contributed by atoms with Gasteiger partial charge in [-0.3, -0.25) is 0 Å². The second-order valence-electron chi connectivity index (χ2n) is 4.01. The monoisotopic (exact) mass is 286 g/mol. The Bertz CT molecular complexity index is 627. The van der Waals surface area contributed by atoms with E-state index in [1.807, 2.05) is 36.4 Å². The number of benzene rings is 1. The molecule has 1 aromatic carbocycles. The third-order valence-electron chi connectivity index (χ3n) is 2.61. The summed E-state index contributed by atoms with van der Waals surface area (Å²) in [5, 5.41) is 17.2. The van der Waals surface area contributed by atoms with Crippen LogP contribution >= 0.6 is 11.3 Å². The SMILES string of the molecule is CNC(=O)Nc1ccc(NCc2ccc(C#N)s2)cc1. The van der Waals surface area contributed by atoms with E-state index in [1.54, 1.807) is 7.05 Å². The lowest BCUT2D eigenvalue weighted by atomic mass is 10.2. The molecule has 2 amide bonds. The van der Waals surface area contributed by atoms with Gasteiger partial charge in [-0.1, -0.05) is 0 Å². The van der Waals surface area contributed by atoms with Crippen molar-refractivity contribution in [2.75, 3.05) is 17.7 Å². The van der Waals surface area contributed by atoms with Crippen LogP contribution in [-0.4, -0.2) is 13.1 Å². The average Bonchev–Trinajstić information content (AvgIpc) is 2.94. The van der Waals surface area contributed by atoms with Crippen LogP contribution in [0.5, 0.6) is 0 Å². The maximum Gasteiger partial charge on any atom is 0.318 e. The van der Waals surface area contributed by atoms with Gasteiger partial charge < -0.3 is 16.0 Å². The number of carbonyl (C=O) groups is 1. The quantitative estimate of drug-likeness (QED) is 0.808. The highest BCUT2D eigenvalue weighted by atomic mass is 32.1. The molecule has 20 heavy (non-hydrogen) atoms. The Morgan fingerprint density at radius 3 is 2.50 bits per heavy atom. The van der Waals surface area contributed by atoms with Crippen molar-refractivity contribution >= 4 is 28.7 Å². The molecule has 0 bridgehead atoms. The fraction of sp³-hybridized carbons (Fsp3) is 0.143. The molecule has 6 heteroatoms. The molecule has 2 rings (SSSR count). The normalized spacial score (nSPS) is 9.60. The molecule has 3 N–H and O–H groups in total. The molecule has 0 aliphatic rings. The smallest absolute Gasteiger partial charge is 0.318 e. The minimum atomic E-state index is -0.242. The summed E-state index contributed by atoms with van der Waals surface area (Å²) < 4.78 is 0. The second-order valence-corrected chi connectivity index (χ2v) is 5.18. The van der Waals surface area contributed by atoms with Crippen LogP contribution in [0, 0.1) is 11.3 Å². The summed E-state index contributed by atoms with van der Waals surface area (Å²) in [5.41, 5.74) is 1.69. The third kappa shape index (κ3) is 3.73. The van der Waals surface area contributed by atoms with Gasteiger partial charge in [0.25, 0.3) is 0 Å². The molecule has 0 aliphatic carbocycles. The molecule has 0 saturated heterocycles. The highest BCUT2D eigenvalue weighted by Gasteiger charge is 2.01. The summed E-state index contributed by atoms with van der Waals surface area (Å²) in [6.07, 6.45) is 0. The fourth-order valence-corrected chi connectivity index (χ4v) is 2.33. The molecule has 0 spiro atoms. The van der Waals surface area contributed by atoms with Crippen LogP contribution in [0.4, 0.5) is 16.2 Å². The van der Waals surface area contributed by atoms with Crippen molar-refractivity contribution in [3.8, 4) is 6.07 Å². The highest BCUT2D eigenvalue weighted by molar-refractivity contribution is 7.12. The van der Waals surface area contributed by atoms with Gasteiger partial charge in [-0.05, 0) is 36.4 Å². The number of hydrogen-bond donors (Lipinski definition) is 3. The first-order chi connectivity index (χ1) is 9.71. The zero-order chi connectivity index (χ0) is 14.4. The van der Waals surface area contributed by atoms with Gasteiger partial charge in [0.1, 0.15) is 10.9 Å². The van der Waals surface area contributed by atoms with Gasteiger partial charge in [0.2, 0.25) is 0 Å². The number of hydrogen-bond acceptors (Lipinski definition) is 4. The number of rotatable bonds is 4. The van der Waals surface area contributed by atoms with Gasteiger partial charge >= 0.3 is 6.03 Å². The predicted molar refractivity (Wildman–Crippen MR) is 80.9 cm³/mol. The Kier molecular flexibility index (Phi) is 4.58. The molecule has 102 valence electrons. The van der Waals surface area contributed by atoms with Crippen LogP contribution in [0.25, 0.3) is 0 Å². The van der Waals surface area contributed by atoms with E-state index in [0.29, 0.717) is 11.4 Å². The molecule has 0 saturated carbocycles. The molecule has 2 aromatic rings. The Morgan fingerprint density at radius 2 is 1.90 bits per heavy atom. The number of urea groups is 1. The molecule has 5 nitrogen and oxygen atoms in total. The molecule has 0 aliphatic heterocycles. The van der Waals surface area contributed by atoms with E-state index in [2.05, 4.69) is 22.0 Å². The number of nitrogens with zero attached hydrogens (tertiary/aromatic N) is 1. The zero-order valence-electron chi connectivity index (χ0n) is 10.9. The first-order valence-electron chi connectivity index (χ1n) is 6.03. The van der Waals surface area contributed by atoms with E-state index >= 15 is 0 Å². The Balaban J connectivity index is 1.90. The first kappa shape index (κ1) is 13.9. The van der Waals surface area contributed by atoms with Crippen molar-refractivity contribution in [1.29, 1.82) is 5.26 Å². The van der Waals surface area contributed by atoms with Crippen LogP contribution < -0.4 is 16.0 Å². The Labute approximate surface area is 121 Å². The Hall–Kier alpha value is -2.52. The van der Waals surface area contributed by atoms with E-state index in [0.717, 1.165) is 16.3 Å². The molecule has 1 heterocycles. The standard InChI is InChI=1S/C14H14N4OS/c1-16-14(19)18-11-4-2-10(3-5-11)17-9-13-7-6-12(8-15)20-13/h2-7,17H,9H2,1H3,(H2,16,18,19). The molecular formula is C14H14N4OS. The van der Waals surface area contributed by atoms with E-state index in [-0.39, 0.29) is 6.03 Å². The average molecular weight is 286 g/mol. The van der Waals surface area contributed by atoms with Crippen molar-refractivity contribution in [1.82, 2.24) is 5.32 Å². The largest absolute Gasteiger partial charge is 0.380 e. The van der Waals surface area contributed by atoms with Crippen LogP contribution in [0.1, 0.15) is 9.75 Å². The lowest BCUT2D eigenvalue weighted by Crippen LogP contribution is -2.24. The molecular weight excluding hydrogens is 272 g/mol. The molecule has 1 aromatic heterocycles. The number of thiophene rings is 1. The predicted octanol–water partition coefficient (Wildman–Crippen LogP) is 2.98. The van der Waals surface area contributed by atoms with Gasteiger partial charge in [0.05, 0.1) is 0 Å². The van der Waals surface area contributed by atoms with Crippen molar-refractivity contribution in [2.45, 2.75) is 6.54 Å². The summed E-state index contributed by atoms with van der Waals surface area (Å²) in [6.45, 7) is 0.675. The van der Waals surface area contributed by atoms with Gasteiger partial charge in [-0.2, -0.15) is 5.26 Å². The van der Waals surface area contributed by atoms with E-state index < -0.39 is 0 Å². The van der Waals surface area contributed by atoms with Gasteiger partial charge in [-0.25, -0.2) is 4.79 Å². The summed E-state index contributed by atoms with van der Waals surface area (Å²) >= 11 is 1.48. The second kappa shape index (κ2) is 6.59. The van der Waals surface area contributed by atoms with E-state index in [1.165, 1.54) is 11.3 Å². The maximum atomic E-state index is 11.1. The molecule has 0 radical (unpaired) electrons. The zero-order valence-corrected chi connectivity index (χ0v) is 11.8. The van der Waals surface area contributed by atoms with E-state index in [9.17, 15) is 4.79 Å².